The summed E-state index contributed by atoms with van der Waals surface area (Å²) < 4.78 is 54.7. The number of aldehydes is 1. The van der Waals surface area contributed by atoms with Gasteiger partial charge in [-0.25, -0.2) is 4.79 Å². The molecule has 9 N–H and O–H groups in total. The van der Waals surface area contributed by atoms with E-state index in [2.05, 4.69) is 40.7 Å². The molecule has 23 nitrogen and oxygen atoms in total. The monoisotopic (exact) mass is 1330 g/mol. The van der Waals surface area contributed by atoms with Crippen molar-refractivity contribution >= 4 is 30.2 Å². The number of hydrogen-bond acceptors (Lipinski definition) is 22. The molecular formula is C71H114O23. The SMILES string of the molecule is CCC(C)C(CC(O)CC(=O)O[C@H]1C[C@@H](OC(=O)[C@@H]2CC(C)(C)CC3C4=CCC5[C@@]6(C)CC[C@H](O[C@H]7C[C@@H](O[C@H]8OC[C@@H](O)C[C@H]8O)C[C@@H](C(=O)O)O7)[C@@](C)(C=O)C6CC[C@@]5(C)[C@]4(C)C[C@@H](O)C32)O[C@@H](C)[C@H]1O)OC(=O)CC(O)CC(O[C@@H]1C[C@@H](CO)C[C@H]1O)C(C)CC. The highest BCUT2D eigenvalue weighted by Crippen LogP contribution is 2.75. The van der Waals surface area contributed by atoms with Crippen molar-refractivity contribution in [1.82, 2.24) is 0 Å². The maximum absolute atomic E-state index is 14.8. The van der Waals surface area contributed by atoms with Gasteiger partial charge in [-0.15, -0.1) is 0 Å². The summed E-state index contributed by atoms with van der Waals surface area (Å²) in [5, 5.41) is 97.3. The molecule has 94 heavy (non-hydrogen) atoms. The second kappa shape index (κ2) is 30.3. The standard InChI is InChI=1S/C71H114O23/c1-12-36(3)50(89-52-21-39(33-72)20-47(52)77)23-40(74)25-58(80)90-51(37(4)13-2)24-41(75)26-59(81)91-53-29-61(87-38(5)63(53)82)94-65(85)45-31-67(6,7)30-44-46-14-15-56-68(8)18-17-57(69(9,35-73)55(68)16-19-70(56,10)71(46,11)32-49(79)62(44)45)93-60-28-43(27-54(92-60)64(83)84)88-66-48(78)22-42(76)34-86-66/h14,35-45,47-57,60-63,66,72,74-79,82H,12-13,15-34H2,1-11H3,(H,83,84)/t36?,37?,38-,39-,40?,41?,42-,43-,44?,45+,47+,48+,49+,50?,51?,52+,53-,54-,55?,56?,57-,60-,61+,62?,63+,66+,68-,69-,70+,71+/m0/s1. The molecule has 0 aromatic carbocycles. The van der Waals surface area contributed by atoms with Gasteiger partial charge in [0.25, 0.3) is 0 Å². The summed E-state index contributed by atoms with van der Waals surface area (Å²) >= 11 is 0. The number of allylic oxidation sites excluding steroid dienone is 2. The van der Waals surface area contributed by atoms with Crippen LogP contribution in [0.4, 0.5) is 0 Å². The Balaban J connectivity index is 0.813. The van der Waals surface area contributed by atoms with Crippen molar-refractivity contribution in [1.29, 1.82) is 0 Å². The number of ether oxygens (including phenoxy) is 9. The Hall–Kier alpha value is -3.27. The number of aliphatic carboxylic acids is 1. The van der Waals surface area contributed by atoms with Crippen LogP contribution in [0.2, 0.25) is 0 Å². The minimum Gasteiger partial charge on any atom is -0.479 e. The van der Waals surface area contributed by atoms with E-state index in [4.69, 9.17) is 42.6 Å². The molecule has 8 fully saturated rings. The predicted octanol–water partition coefficient (Wildman–Crippen LogP) is 6.38. The van der Waals surface area contributed by atoms with E-state index in [1.165, 1.54) is 5.57 Å². The second-order valence-electron chi connectivity index (χ2n) is 32.1. The lowest BCUT2D eigenvalue weighted by Gasteiger charge is -2.71. The lowest BCUT2D eigenvalue weighted by molar-refractivity contribution is -0.300. The van der Waals surface area contributed by atoms with Crippen LogP contribution in [0.3, 0.4) is 0 Å². The Bertz CT molecular complexity index is 2640. The number of rotatable bonds is 25. The first-order valence-corrected chi connectivity index (χ1v) is 35.4. The Morgan fingerprint density at radius 3 is 2.06 bits per heavy atom. The van der Waals surface area contributed by atoms with Gasteiger partial charge in [-0.1, -0.05) is 93.7 Å². The average molecular weight is 1340 g/mol. The fourth-order valence-electron chi connectivity index (χ4n) is 19.4. The predicted molar refractivity (Wildman–Crippen MR) is 337 cm³/mol. The molecule has 0 aromatic heterocycles. The van der Waals surface area contributed by atoms with Gasteiger partial charge in [0, 0.05) is 51.0 Å². The lowest BCUT2D eigenvalue weighted by Crippen LogP contribution is -2.66. The number of esters is 3. The van der Waals surface area contributed by atoms with Crippen molar-refractivity contribution in [3.63, 3.8) is 0 Å². The summed E-state index contributed by atoms with van der Waals surface area (Å²) in [4.78, 5) is 68.0. The summed E-state index contributed by atoms with van der Waals surface area (Å²) in [7, 11) is 0. The molecule has 6 aliphatic carbocycles. The number of hydrogen-bond donors (Lipinski definition) is 9. The molecular weight excluding hydrogens is 1220 g/mol. The summed E-state index contributed by atoms with van der Waals surface area (Å²) in [6.45, 7) is 22.4. The van der Waals surface area contributed by atoms with E-state index in [0.717, 1.165) is 32.0 Å². The highest BCUT2D eigenvalue weighted by molar-refractivity contribution is 5.74. The topological polar surface area (TPSA) is 350 Å². The Morgan fingerprint density at radius 2 is 1.41 bits per heavy atom. The zero-order valence-electron chi connectivity index (χ0n) is 57.5. The number of aliphatic hydroxyl groups is 8. The maximum atomic E-state index is 14.8. The molecule has 0 radical (unpaired) electrons. The molecule has 30 atom stereocenters. The van der Waals surface area contributed by atoms with Crippen LogP contribution in [0, 0.1) is 74.4 Å². The molecule has 10 unspecified atom stereocenters. The molecule has 3 heterocycles. The third kappa shape index (κ3) is 15.8. The van der Waals surface area contributed by atoms with Gasteiger partial charge in [0.05, 0.1) is 91.8 Å². The number of carbonyl (C=O) groups is 5. The highest BCUT2D eigenvalue weighted by atomic mass is 16.7. The fourth-order valence-corrected chi connectivity index (χ4v) is 19.4. The molecule has 536 valence electrons. The van der Waals surface area contributed by atoms with Crippen molar-refractivity contribution in [3.8, 4) is 0 Å². The Labute approximate surface area is 555 Å². The largest absolute Gasteiger partial charge is 0.479 e. The maximum Gasteiger partial charge on any atom is 0.333 e. The van der Waals surface area contributed by atoms with E-state index >= 15 is 0 Å². The summed E-state index contributed by atoms with van der Waals surface area (Å²) in [5.74, 6) is -4.97. The van der Waals surface area contributed by atoms with E-state index in [1.807, 2.05) is 34.6 Å². The van der Waals surface area contributed by atoms with E-state index in [0.29, 0.717) is 51.4 Å². The average Bonchev–Trinajstić information content (AvgIpc) is 0.719. The first kappa shape index (κ1) is 74.9. The Morgan fingerprint density at radius 1 is 0.734 bits per heavy atom. The van der Waals surface area contributed by atoms with E-state index in [9.17, 15) is 69.9 Å². The Kier molecular flexibility index (Phi) is 24.1. The number of fused-ring (bicyclic) bond motifs is 7. The number of aliphatic hydroxyl groups excluding tert-OH is 8. The van der Waals surface area contributed by atoms with Crippen LogP contribution in [0.1, 0.15) is 205 Å². The first-order valence-electron chi connectivity index (χ1n) is 35.4. The fraction of sp³-hybridized carbons (Fsp3) is 0.901. The first-order chi connectivity index (χ1) is 44.2. The van der Waals surface area contributed by atoms with Crippen molar-refractivity contribution < 1.29 is 113 Å². The minimum absolute atomic E-state index is 0.00364. The zero-order chi connectivity index (χ0) is 68.7. The van der Waals surface area contributed by atoms with E-state index < -0.39 is 163 Å². The third-order valence-corrected chi connectivity index (χ3v) is 25.1. The quantitative estimate of drug-likeness (QED) is 0.0157. The smallest absolute Gasteiger partial charge is 0.333 e. The highest BCUT2D eigenvalue weighted by Gasteiger charge is 2.70. The van der Waals surface area contributed by atoms with Crippen LogP contribution < -0.4 is 0 Å². The van der Waals surface area contributed by atoms with Gasteiger partial charge in [0.2, 0.25) is 6.29 Å². The third-order valence-electron chi connectivity index (χ3n) is 25.1. The van der Waals surface area contributed by atoms with Crippen LogP contribution in [-0.4, -0.2) is 200 Å². The van der Waals surface area contributed by atoms with Gasteiger partial charge in [0.1, 0.15) is 30.7 Å². The van der Waals surface area contributed by atoms with Gasteiger partial charge in [-0.2, -0.15) is 0 Å². The van der Waals surface area contributed by atoms with Crippen molar-refractivity contribution in [2.45, 2.75) is 315 Å². The van der Waals surface area contributed by atoms with Gasteiger partial charge in [0.15, 0.2) is 18.7 Å². The summed E-state index contributed by atoms with van der Waals surface area (Å²) in [6.07, 6.45) is -7.35. The van der Waals surface area contributed by atoms with Gasteiger partial charge >= 0.3 is 23.9 Å². The van der Waals surface area contributed by atoms with Gasteiger partial charge in [-0.05, 0) is 128 Å². The van der Waals surface area contributed by atoms with Gasteiger partial charge < -0.3 is 93.4 Å². The molecule has 23 heteroatoms. The summed E-state index contributed by atoms with van der Waals surface area (Å²) in [5.41, 5.74) is -1.27. The van der Waals surface area contributed by atoms with Crippen LogP contribution in [-0.2, 0) is 66.6 Å². The van der Waals surface area contributed by atoms with Crippen LogP contribution in [0.5, 0.6) is 0 Å². The van der Waals surface area contributed by atoms with E-state index in [1.54, 1.807) is 6.92 Å². The second-order valence-corrected chi connectivity index (χ2v) is 32.1. The molecule has 0 bridgehead atoms. The molecule has 9 aliphatic rings. The van der Waals surface area contributed by atoms with Crippen LogP contribution >= 0.6 is 0 Å². The molecule has 0 amide bonds. The van der Waals surface area contributed by atoms with Crippen LogP contribution in [0.15, 0.2) is 11.6 Å². The number of carboxylic acid groups (broad SMARTS) is 1. The molecule has 5 saturated carbocycles. The molecule has 0 spiro atoms. The van der Waals surface area contributed by atoms with Crippen molar-refractivity contribution in [2.75, 3.05) is 13.2 Å². The normalized spacial score (nSPS) is 43.9. The lowest BCUT2D eigenvalue weighted by atomic mass is 9.34. The van der Waals surface area contributed by atoms with Gasteiger partial charge in [-0.3, -0.25) is 14.4 Å². The van der Waals surface area contributed by atoms with Crippen LogP contribution in [0.25, 0.3) is 0 Å². The number of carbonyl (C=O) groups excluding carboxylic acids is 4. The van der Waals surface area contributed by atoms with Crippen molar-refractivity contribution in [2.24, 2.45) is 74.4 Å². The minimum atomic E-state index is -1.32. The zero-order valence-corrected chi connectivity index (χ0v) is 57.5. The van der Waals surface area contributed by atoms with Crippen molar-refractivity contribution in [3.05, 3.63) is 11.6 Å². The molecule has 3 saturated heterocycles. The van der Waals surface area contributed by atoms with E-state index in [-0.39, 0.29) is 110 Å². The molecule has 9 rings (SSSR count). The molecule has 3 aliphatic heterocycles. The number of carboxylic acids is 1. The summed E-state index contributed by atoms with van der Waals surface area (Å²) in [6, 6.07) is 0. The molecule has 0 aromatic rings.